The van der Waals surface area contributed by atoms with Gasteiger partial charge in [-0.1, -0.05) is 12.8 Å². The van der Waals surface area contributed by atoms with Gasteiger partial charge in [-0.3, -0.25) is 4.79 Å². The molecule has 3 nitrogen and oxygen atoms in total. The number of hydrogen-bond donors (Lipinski definition) is 2. The maximum Gasteiger partial charge on any atom is 0.220 e. The number of primary amides is 1. The lowest BCUT2D eigenvalue weighted by Gasteiger charge is -2.32. The van der Waals surface area contributed by atoms with E-state index in [1.165, 1.54) is 25.7 Å². The molecule has 2 aliphatic rings. The molecule has 3 N–H and O–H groups in total. The average molecular weight is 238 g/mol. The molecule has 2 aliphatic carbocycles. The van der Waals surface area contributed by atoms with Gasteiger partial charge >= 0.3 is 0 Å². The average Bonchev–Trinajstić information content (AvgIpc) is 2.83. The summed E-state index contributed by atoms with van der Waals surface area (Å²) < 4.78 is 0. The van der Waals surface area contributed by atoms with Crippen molar-refractivity contribution >= 4 is 5.91 Å². The maximum atomic E-state index is 11.1. The zero-order valence-corrected chi connectivity index (χ0v) is 11.0. The molecule has 0 spiro atoms. The summed E-state index contributed by atoms with van der Waals surface area (Å²) in [6.07, 6.45) is 9.79. The monoisotopic (exact) mass is 238 g/mol. The van der Waals surface area contributed by atoms with Crippen LogP contribution < -0.4 is 11.1 Å². The lowest BCUT2D eigenvalue weighted by Crippen LogP contribution is -2.43. The Hall–Kier alpha value is -0.570. The van der Waals surface area contributed by atoms with Crippen LogP contribution in [-0.2, 0) is 4.79 Å². The van der Waals surface area contributed by atoms with Crippen molar-refractivity contribution in [1.82, 2.24) is 5.32 Å². The maximum absolute atomic E-state index is 11.1. The first kappa shape index (κ1) is 12.9. The number of amides is 1. The number of hydrogen-bond acceptors (Lipinski definition) is 2. The Kier molecular flexibility index (Phi) is 4.43. The van der Waals surface area contributed by atoms with E-state index in [2.05, 4.69) is 12.2 Å². The van der Waals surface area contributed by atoms with Crippen molar-refractivity contribution in [3.8, 4) is 0 Å². The first-order valence-electron chi connectivity index (χ1n) is 7.22. The highest BCUT2D eigenvalue weighted by Gasteiger charge is 2.28. The molecule has 98 valence electrons. The van der Waals surface area contributed by atoms with Crippen molar-refractivity contribution < 1.29 is 4.79 Å². The fraction of sp³-hybridized carbons (Fsp3) is 0.929. The number of nitrogens with one attached hydrogen (secondary N) is 1. The number of carbonyl (C=O) groups excluding carboxylic acids is 1. The van der Waals surface area contributed by atoms with Gasteiger partial charge in [0.2, 0.25) is 5.91 Å². The Balaban J connectivity index is 1.72. The van der Waals surface area contributed by atoms with Crippen molar-refractivity contribution in [2.24, 2.45) is 17.6 Å². The molecule has 0 bridgehead atoms. The number of rotatable bonds is 4. The second kappa shape index (κ2) is 5.85. The van der Waals surface area contributed by atoms with Gasteiger partial charge in [0, 0.05) is 18.0 Å². The summed E-state index contributed by atoms with van der Waals surface area (Å²) in [6.45, 7) is 2.33. The van der Waals surface area contributed by atoms with Gasteiger partial charge in [0.05, 0.1) is 0 Å². The molecule has 0 heterocycles. The Morgan fingerprint density at radius 2 is 1.71 bits per heavy atom. The van der Waals surface area contributed by atoms with Crippen LogP contribution in [0.4, 0.5) is 0 Å². The van der Waals surface area contributed by atoms with Crippen molar-refractivity contribution in [2.45, 2.75) is 70.4 Å². The summed E-state index contributed by atoms with van der Waals surface area (Å²) in [7, 11) is 0. The molecule has 0 aliphatic heterocycles. The zero-order chi connectivity index (χ0) is 12.3. The van der Waals surface area contributed by atoms with E-state index in [0.717, 1.165) is 31.6 Å². The van der Waals surface area contributed by atoms with Gasteiger partial charge in [-0.15, -0.1) is 0 Å². The molecule has 1 amide bonds. The van der Waals surface area contributed by atoms with Gasteiger partial charge in [-0.05, 0) is 51.4 Å². The van der Waals surface area contributed by atoms with Gasteiger partial charge in [0.25, 0.3) is 0 Å². The summed E-state index contributed by atoms with van der Waals surface area (Å²) >= 11 is 0. The predicted molar refractivity (Wildman–Crippen MR) is 69.5 cm³/mol. The van der Waals surface area contributed by atoms with Crippen molar-refractivity contribution in [2.75, 3.05) is 0 Å². The molecule has 0 aromatic rings. The van der Waals surface area contributed by atoms with Crippen LogP contribution in [0.15, 0.2) is 0 Å². The minimum absolute atomic E-state index is 0.104. The summed E-state index contributed by atoms with van der Waals surface area (Å²) in [5, 5.41) is 3.77. The molecule has 1 unspecified atom stereocenters. The van der Waals surface area contributed by atoms with Crippen LogP contribution in [0.5, 0.6) is 0 Å². The Morgan fingerprint density at radius 1 is 1.12 bits per heavy atom. The second-order valence-electron chi connectivity index (χ2n) is 5.95. The molecule has 1 atom stereocenters. The van der Waals surface area contributed by atoms with E-state index in [1.807, 2.05) is 0 Å². The van der Waals surface area contributed by atoms with E-state index >= 15 is 0 Å². The quantitative estimate of drug-likeness (QED) is 0.789. The summed E-state index contributed by atoms with van der Waals surface area (Å²) in [6, 6.07) is 1.26. The molecular weight excluding hydrogens is 212 g/mol. The highest BCUT2D eigenvalue weighted by Crippen LogP contribution is 2.29. The molecule has 0 aromatic heterocycles. The third-order valence-corrected chi connectivity index (χ3v) is 4.74. The lowest BCUT2D eigenvalue weighted by atomic mass is 9.85. The minimum Gasteiger partial charge on any atom is -0.369 e. The molecule has 2 rings (SSSR count). The first-order valence-corrected chi connectivity index (χ1v) is 7.22. The molecule has 2 saturated carbocycles. The number of carbonyl (C=O) groups is 1. The van der Waals surface area contributed by atoms with Gasteiger partial charge in [-0.2, -0.15) is 0 Å². The van der Waals surface area contributed by atoms with Crippen LogP contribution in [0.25, 0.3) is 0 Å². The zero-order valence-electron chi connectivity index (χ0n) is 11.0. The van der Waals surface area contributed by atoms with Gasteiger partial charge in [0.15, 0.2) is 0 Å². The largest absolute Gasteiger partial charge is 0.369 e. The first-order chi connectivity index (χ1) is 8.16. The van der Waals surface area contributed by atoms with Gasteiger partial charge in [-0.25, -0.2) is 0 Å². The van der Waals surface area contributed by atoms with Crippen molar-refractivity contribution in [1.29, 1.82) is 0 Å². The van der Waals surface area contributed by atoms with E-state index in [4.69, 9.17) is 5.73 Å². The third-order valence-electron chi connectivity index (χ3n) is 4.74. The van der Waals surface area contributed by atoms with E-state index in [9.17, 15) is 4.79 Å². The smallest absolute Gasteiger partial charge is 0.220 e. The molecule has 3 heteroatoms. The van der Waals surface area contributed by atoms with Crippen LogP contribution in [-0.4, -0.2) is 18.0 Å². The molecule has 0 radical (unpaired) electrons. The minimum atomic E-state index is -0.104. The van der Waals surface area contributed by atoms with Crippen LogP contribution in [0, 0.1) is 11.8 Å². The fourth-order valence-corrected chi connectivity index (χ4v) is 3.51. The van der Waals surface area contributed by atoms with E-state index in [1.54, 1.807) is 0 Å². The van der Waals surface area contributed by atoms with E-state index in [-0.39, 0.29) is 11.8 Å². The van der Waals surface area contributed by atoms with Crippen molar-refractivity contribution in [3.05, 3.63) is 0 Å². The standard InChI is InChI=1S/C14H26N2O/c1-10(11-4-2-3-5-11)16-13-8-6-12(7-9-13)14(15)17/h10-13,16H,2-9H2,1H3,(H2,15,17). The topological polar surface area (TPSA) is 55.1 Å². The fourth-order valence-electron chi connectivity index (χ4n) is 3.51. The van der Waals surface area contributed by atoms with Crippen LogP contribution in [0.3, 0.4) is 0 Å². The second-order valence-corrected chi connectivity index (χ2v) is 5.95. The Morgan fingerprint density at radius 3 is 2.24 bits per heavy atom. The summed E-state index contributed by atoms with van der Waals surface area (Å²) in [5.41, 5.74) is 5.35. The van der Waals surface area contributed by atoms with E-state index < -0.39 is 0 Å². The lowest BCUT2D eigenvalue weighted by molar-refractivity contribution is -0.122. The Bertz CT molecular complexity index is 253. The predicted octanol–water partition coefficient (Wildman–Crippen LogP) is 2.20. The SMILES string of the molecule is CC(NC1CCC(C(N)=O)CC1)C1CCCC1. The Labute approximate surface area is 105 Å². The highest BCUT2D eigenvalue weighted by molar-refractivity contribution is 5.76. The van der Waals surface area contributed by atoms with E-state index in [0.29, 0.717) is 12.1 Å². The van der Waals surface area contributed by atoms with Gasteiger partial charge in [0.1, 0.15) is 0 Å². The molecule has 0 saturated heterocycles. The normalized spacial score (nSPS) is 32.5. The molecule has 0 aromatic carbocycles. The van der Waals surface area contributed by atoms with Crippen LogP contribution in [0.1, 0.15) is 58.3 Å². The third kappa shape index (κ3) is 3.44. The molecule has 17 heavy (non-hydrogen) atoms. The van der Waals surface area contributed by atoms with Crippen LogP contribution in [0.2, 0.25) is 0 Å². The summed E-state index contributed by atoms with van der Waals surface area (Å²) in [5.74, 6) is 0.908. The highest BCUT2D eigenvalue weighted by atomic mass is 16.1. The number of nitrogens with two attached hydrogens (primary N) is 1. The molecular formula is C14H26N2O. The van der Waals surface area contributed by atoms with Gasteiger partial charge < -0.3 is 11.1 Å². The van der Waals surface area contributed by atoms with Crippen LogP contribution >= 0.6 is 0 Å². The molecule has 2 fully saturated rings. The van der Waals surface area contributed by atoms with Crippen molar-refractivity contribution in [3.63, 3.8) is 0 Å². The summed E-state index contributed by atoms with van der Waals surface area (Å²) in [4.78, 5) is 11.1.